The maximum Gasteiger partial charge on any atom is 0.195 e. The fraction of sp³-hybridized carbons (Fsp3) is 0.0909. The van der Waals surface area contributed by atoms with Gasteiger partial charge in [-0.25, -0.2) is 4.98 Å². The number of carbonyl (C=O) groups is 1. The van der Waals surface area contributed by atoms with Crippen molar-refractivity contribution in [2.75, 3.05) is 14.2 Å². The highest BCUT2D eigenvalue weighted by atomic mass is 16.5. The van der Waals surface area contributed by atoms with Crippen LogP contribution in [0.1, 0.15) is 15.9 Å². The van der Waals surface area contributed by atoms with Crippen LogP contribution in [-0.2, 0) is 0 Å². The molecule has 0 spiro atoms. The van der Waals surface area contributed by atoms with Crippen LogP contribution < -0.4 is 9.47 Å². The number of methoxy groups -OCH3 is 2. The number of aromatic nitrogens is 2. The number of rotatable bonds is 5. The number of pyridine rings is 1. The summed E-state index contributed by atoms with van der Waals surface area (Å²) in [5, 5.41) is 0.781. The molecule has 0 saturated carbocycles. The lowest BCUT2D eigenvalue weighted by Crippen LogP contribution is -2.02. The van der Waals surface area contributed by atoms with Gasteiger partial charge >= 0.3 is 0 Å². The first-order valence-electron chi connectivity index (χ1n) is 8.50. The molecule has 27 heavy (non-hydrogen) atoms. The van der Waals surface area contributed by atoms with Crippen LogP contribution in [0.5, 0.6) is 11.5 Å². The van der Waals surface area contributed by atoms with Crippen molar-refractivity contribution in [1.82, 2.24) is 9.97 Å². The highest BCUT2D eigenvalue weighted by Crippen LogP contribution is 2.28. The van der Waals surface area contributed by atoms with Crippen LogP contribution in [0, 0.1) is 0 Å². The van der Waals surface area contributed by atoms with Crippen molar-refractivity contribution in [1.29, 1.82) is 0 Å². The van der Waals surface area contributed by atoms with E-state index in [0.29, 0.717) is 28.3 Å². The Labute approximate surface area is 156 Å². The van der Waals surface area contributed by atoms with Gasteiger partial charge in [0, 0.05) is 40.5 Å². The second-order valence-electron chi connectivity index (χ2n) is 6.12. The maximum atomic E-state index is 13.1. The lowest BCUT2D eigenvalue weighted by atomic mass is 10.0. The van der Waals surface area contributed by atoms with Crippen LogP contribution in [0.15, 0.2) is 67.0 Å². The number of aromatic amines is 1. The predicted octanol–water partition coefficient (Wildman–Crippen LogP) is 4.48. The van der Waals surface area contributed by atoms with E-state index in [1.54, 1.807) is 44.8 Å². The monoisotopic (exact) mass is 358 g/mol. The maximum absolute atomic E-state index is 13.1. The molecular formula is C22H18N2O3. The van der Waals surface area contributed by atoms with E-state index in [1.165, 1.54) is 0 Å². The third-order valence-electron chi connectivity index (χ3n) is 4.50. The SMILES string of the molecule is COc1cc(OC)cc(C(=O)c2c[nH]c3ncc(-c4ccccc4)cc23)c1. The van der Waals surface area contributed by atoms with Crippen molar-refractivity contribution in [2.45, 2.75) is 0 Å². The summed E-state index contributed by atoms with van der Waals surface area (Å²) in [5.41, 5.74) is 3.74. The van der Waals surface area contributed by atoms with E-state index >= 15 is 0 Å². The van der Waals surface area contributed by atoms with E-state index in [-0.39, 0.29) is 5.78 Å². The first-order chi connectivity index (χ1) is 13.2. The molecule has 0 amide bonds. The first kappa shape index (κ1) is 16.8. The van der Waals surface area contributed by atoms with Crippen LogP contribution in [-0.4, -0.2) is 30.0 Å². The second-order valence-corrected chi connectivity index (χ2v) is 6.12. The summed E-state index contributed by atoms with van der Waals surface area (Å²) in [7, 11) is 3.12. The summed E-state index contributed by atoms with van der Waals surface area (Å²) in [5.74, 6) is 1.02. The molecule has 0 unspecified atom stereocenters. The Morgan fingerprint density at radius 3 is 2.30 bits per heavy atom. The normalized spacial score (nSPS) is 10.7. The molecule has 0 bridgehead atoms. The van der Waals surface area contributed by atoms with E-state index in [9.17, 15) is 4.79 Å². The summed E-state index contributed by atoms with van der Waals surface area (Å²) in [6, 6.07) is 17.1. The molecule has 0 atom stereocenters. The summed E-state index contributed by atoms with van der Waals surface area (Å²) >= 11 is 0. The zero-order valence-corrected chi connectivity index (χ0v) is 15.0. The Bertz CT molecular complexity index is 1090. The standard InChI is InChI=1S/C22H18N2O3/c1-26-17-8-15(9-18(11-17)27-2)21(25)20-13-24-22-19(20)10-16(12-23-22)14-6-4-3-5-7-14/h3-13H,1-2H3,(H,23,24). The molecule has 4 rings (SSSR count). The molecule has 4 aromatic rings. The molecule has 134 valence electrons. The zero-order chi connectivity index (χ0) is 18.8. The summed E-state index contributed by atoms with van der Waals surface area (Å²) < 4.78 is 10.6. The van der Waals surface area contributed by atoms with Gasteiger partial charge in [0.2, 0.25) is 0 Å². The second kappa shape index (κ2) is 6.96. The predicted molar refractivity (Wildman–Crippen MR) is 105 cm³/mol. The molecule has 0 aliphatic carbocycles. The molecule has 0 aliphatic rings. The number of nitrogens with zero attached hydrogens (tertiary/aromatic N) is 1. The number of nitrogens with one attached hydrogen (secondary N) is 1. The Kier molecular flexibility index (Phi) is 4.34. The highest BCUT2D eigenvalue weighted by Gasteiger charge is 2.17. The van der Waals surface area contributed by atoms with Crippen LogP contribution in [0.4, 0.5) is 0 Å². The molecule has 5 nitrogen and oxygen atoms in total. The minimum absolute atomic E-state index is 0.120. The van der Waals surface area contributed by atoms with Gasteiger partial charge < -0.3 is 14.5 Å². The van der Waals surface area contributed by atoms with Crippen molar-refractivity contribution < 1.29 is 14.3 Å². The molecule has 0 saturated heterocycles. The van der Waals surface area contributed by atoms with Gasteiger partial charge in [0.25, 0.3) is 0 Å². The number of ketones is 1. The van der Waals surface area contributed by atoms with Crippen molar-refractivity contribution in [3.8, 4) is 22.6 Å². The molecule has 2 aromatic carbocycles. The third-order valence-corrected chi connectivity index (χ3v) is 4.50. The molecule has 0 aliphatic heterocycles. The Balaban J connectivity index is 1.81. The summed E-state index contributed by atoms with van der Waals surface area (Å²) in [6.45, 7) is 0. The van der Waals surface area contributed by atoms with Gasteiger partial charge in [-0.15, -0.1) is 0 Å². The first-order valence-corrected chi connectivity index (χ1v) is 8.50. The van der Waals surface area contributed by atoms with Crippen LogP contribution in [0.2, 0.25) is 0 Å². The van der Waals surface area contributed by atoms with E-state index in [2.05, 4.69) is 9.97 Å². The molecule has 1 N–H and O–H groups in total. The summed E-state index contributed by atoms with van der Waals surface area (Å²) in [6.07, 6.45) is 3.50. The number of H-pyrrole nitrogens is 1. The van der Waals surface area contributed by atoms with Gasteiger partial charge in [-0.1, -0.05) is 30.3 Å². The Hall–Kier alpha value is -3.60. The van der Waals surface area contributed by atoms with Crippen LogP contribution >= 0.6 is 0 Å². The van der Waals surface area contributed by atoms with Gasteiger partial charge in [-0.05, 0) is 23.8 Å². The molecule has 5 heteroatoms. The molecule has 2 heterocycles. The Morgan fingerprint density at radius 2 is 1.63 bits per heavy atom. The molecule has 0 fully saturated rings. The lowest BCUT2D eigenvalue weighted by Gasteiger charge is -2.08. The number of hydrogen-bond donors (Lipinski definition) is 1. The number of benzene rings is 2. The number of carbonyl (C=O) groups excluding carboxylic acids is 1. The zero-order valence-electron chi connectivity index (χ0n) is 15.0. The third kappa shape index (κ3) is 3.15. The van der Waals surface area contributed by atoms with Gasteiger partial charge in [-0.2, -0.15) is 0 Å². The molecular weight excluding hydrogens is 340 g/mol. The minimum Gasteiger partial charge on any atom is -0.497 e. The smallest absolute Gasteiger partial charge is 0.195 e. The summed E-state index contributed by atoms with van der Waals surface area (Å²) in [4.78, 5) is 20.7. The van der Waals surface area contributed by atoms with Crippen LogP contribution in [0.3, 0.4) is 0 Å². The van der Waals surface area contributed by atoms with Gasteiger partial charge in [0.15, 0.2) is 5.78 Å². The van der Waals surface area contributed by atoms with Crippen molar-refractivity contribution in [3.63, 3.8) is 0 Å². The molecule has 2 aromatic heterocycles. The Morgan fingerprint density at radius 1 is 0.926 bits per heavy atom. The lowest BCUT2D eigenvalue weighted by molar-refractivity contribution is 0.103. The topological polar surface area (TPSA) is 64.2 Å². The van der Waals surface area contributed by atoms with Crippen molar-refractivity contribution in [2.24, 2.45) is 0 Å². The number of ether oxygens (including phenoxy) is 2. The van der Waals surface area contributed by atoms with Gasteiger partial charge in [0.1, 0.15) is 17.1 Å². The number of hydrogen-bond acceptors (Lipinski definition) is 4. The van der Waals surface area contributed by atoms with E-state index in [0.717, 1.165) is 16.5 Å². The van der Waals surface area contributed by atoms with E-state index in [1.807, 2.05) is 36.4 Å². The van der Waals surface area contributed by atoms with Crippen LogP contribution in [0.25, 0.3) is 22.2 Å². The number of fused-ring (bicyclic) bond motifs is 1. The van der Waals surface area contributed by atoms with Gasteiger partial charge in [0.05, 0.1) is 14.2 Å². The fourth-order valence-corrected chi connectivity index (χ4v) is 3.07. The average Bonchev–Trinajstić information content (AvgIpc) is 3.16. The van der Waals surface area contributed by atoms with Gasteiger partial charge in [-0.3, -0.25) is 4.79 Å². The van der Waals surface area contributed by atoms with E-state index in [4.69, 9.17) is 9.47 Å². The van der Waals surface area contributed by atoms with Crippen molar-refractivity contribution >= 4 is 16.8 Å². The van der Waals surface area contributed by atoms with E-state index < -0.39 is 0 Å². The fourth-order valence-electron chi connectivity index (χ4n) is 3.07. The quantitative estimate of drug-likeness (QED) is 0.534. The highest BCUT2D eigenvalue weighted by molar-refractivity contribution is 6.16. The largest absolute Gasteiger partial charge is 0.497 e. The molecule has 0 radical (unpaired) electrons. The van der Waals surface area contributed by atoms with Crippen molar-refractivity contribution in [3.05, 3.63) is 78.1 Å². The minimum atomic E-state index is -0.120. The average molecular weight is 358 g/mol.